The number of nitrogens with one attached hydrogen (secondary N) is 2. The molecule has 0 bridgehead atoms. The Morgan fingerprint density at radius 1 is 1.15 bits per heavy atom. The van der Waals surface area contributed by atoms with Crippen molar-refractivity contribution in [1.29, 1.82) is 0 Å². The molecule has 0 saturated carbocycles. The maximum Gasteiger partial charge on any atom is 0.191 e. The molecule has 1 unspecified atom stereocenters. The maximum absolute atomic E-state index is 10.5. The summed E-state index contributed by atoms with van der Waals surface area (Å²) in [7, 11) is 3.37. The Balaban J connectivity index is 0.00000261. The molecule has 1 aromatic heterocycles. The quantitative estimate of drug-likeness (QED) is 0.275. The Hall–Kier alpha value is -1.84. The molecule has 5 nitrogen and oxygen atoms in total. The fourth-order valence-corrected chi connectivity index (χ4v) is 3.66. The monoisotopic (exact) mass is 497 g/mol. The Labute approximate surface area is 180 Å². The number of nitrogens with zero attached hydrogens (tertiary/aromatic N) is 1. The molecule has 0 aliphatic carbocycles. The van der Waals surface area contributed by atoms with Crippen molar-refractivity contribution in [1.82, 2.24) is 10.6 Å². The Kier molecular flexibility index (Phi) is 8.33. The van der Waals surface area contributed by atoms with Crippen LogP contribution in [0.1, 0.15) is 16.5 Å². The normalized spacial score (nSPS) is 12.3. The van der Waals surface area contributed by atoms with Crippen molar-refractivity contribution in [3.05, 3.63) is 65.0 Å². The van der Waals surface area contributed by atoms with Crippen LogP contribution in [0.3, 0.4) is 0 Å². The molecule has 144 valence electrons. The minimum absolute atomic E-state index is 0. The fraction of sp³-hybridized carbons (Fsp3) is 0.250. The largest absolute Gasteiger partial charge is 0.497 e. The summed E-state index contributed by atoms with van der Waals surface area (Å²) in [4.78, 5) is 5.16. The van der Waals surface area contributed by atoms with Gasteiger partial charge >= 0.3 is 0 Å². The van der Waals surface area contributed by atoms with Gasteiger partial charge in [0.2, 0.25) is 0 Å². The molecule has 0 fully saturated rings. The third kappa shape index (κ3) is 5.82. The summed E-state index contributed by atoms with van der Waals surface area (Å²) in [6, 6.07) is 18.1. The zero-order valence-electron chi connectivity index (χ0n) is 15.3. The summed E-state index contributed by atoms with van der Waals surface area (Å²) in [6.07, 6.45) is -0.577. The minimum Gasteiger partial charge on any atom is -0.497 e. The van der Waals surface area contributed by atoms with Crippen LogP contribution in [0.25, 0.3) is 10.1 Å². The highest BCUT2D eigenvalue weighted by Gasteiger charge is 2.12. The van der Waals surface area contributed by atoms with E-state index in [1.54, 1.807) is 25.5 Å². The van der Waals surface area contributed by atoms with Gasteiger partial charge in [0.1, 0.15) is 11.9 Å². The van der Waals surface area contributed by atoms with Gasteiger partial charge in [0.15, 0.2) is 5.96 Å². The van der Waals surface area contributed by atoms with Crippen molar-refractivity contribution in [2.24, 2.45) is 4.99 Å². The van der Waals surface area contributed by atoms with Crippen LogP contribution in [0, 0.1) is 0 Å². The number of thiophene rings is 1. The molecule has 7 heteroatoms. The molecule has 0 saturated heterocycles. The number of benzene rings is 2. The molecule has 1 heterocycles. The van der Waals surface area contributed by atoms with E-state index >= 15 is 0 Å². The van der Waals surface area contributed by atoms with E-state index in [0.29, 0.717) is 19.0 Å². The van der Waals surface area contributed by atoms with Gasteiger partial charge < -0.3 is 20.5 Å². The highest BCUT2D eigenvalue weighted by molar-refractivity contribution is 14.0. The van der Waals surface area contributed by atoms with Gasteiger partial charge in [-0.1, -0.05) is 30.3 Å². The average molecular weight is 497 g/mol. The van der Waals surface area contributed by atoms with E-state index in [0.717, 1.165) is 21.6 Å². The minimum atomic E-state index is -0.577. The van der Waals surface area contributed by atoms with Crippen LogP contribution in [0.2, 0.25) is 0 Å². The van der Waals surface area contributed by atoms with Crippen LogP contribution in [0.5, 0.6) is 5.75 Å². The molecular weight excluding hydrogens is 473 g/mol. The van der Waals surface area contributed by atoms with Gasteiger partial charge in [-0.2, -0.15) is 0 Å². The van der Waals surface area contributed by atoms with E-state index in [9.17, 15) is 5.11 Å². The topological polar surface area (TPSA) is 65.9 Å². The smallest absolute Gasteiger partial charge is 0.191 e. The lowest BCUT2D eigenvalue weighted by atomic mass is 10.2. The second kappa shape index (κ2) is 10.5. The number of aliphatic hydroxyl groups excluding tert-OH is 1. The highest BCUT2D eigenvalue weighted by Crippen LogP contribution is 2.29. The van der Waals surface area contributed by atoms with Crippen LogP contribution in [-0.4, -0.2) is 31.8 Å². The number of guanidine groups is 1. The van der Waals surface area contributed by atoms with Gasteiger partial charge in [0.05, 0.1) is 7.11 Å². The van der Waals surface area contributed by atoms with Crippen LogP contribution in [0.15, 0.2) is 59.6 Å². The van der Waals surface area contributed by atoms with Crippen LogP contribution < -0.4 is 15.4 Å². The third-order valence-electron chi connectivity index (χ3n) is 4.08. The summed E-state index contributed by atoms with van der Waals surface area (Å²) in [5, 5.41) is 18.0. The van der Waals surface area contributed by atoms with Crippen molar-refractivity contribution < 1.29 is 9.84 Å². The summed E-state index contributed by atoms with van der Waals surface area (Å²) in [5.74, 6) is 1.49. The van der Waals surface area contributed by atoms with Gasteiger partial charge in [0.25, 0.3) is 0 Å². The van der Waals surface area contributed by atoms with Crippen molar-refractivity contribution in [3.63, 3.8) is 0 Å². The lowest BCUT2D eigenvalue weighted by Crippen LogP contribution is -2.38. The van der Waals surface area contributed by atoms with E-state index in [1.807, 2.05) is 42.5 Å². The molecule has 0 spiro atoms. The Morgan fingerprint density at radius 2 is 1.89 bits per heavy atom. The standard InChI is InChI=1S/C20H23N3O2S.HI/c1-21-20(22-12-14-7-9-16(25-2)10-8-14)23-13-17(24)19-11-15-5-3-4-6-18(15)26-19;/h3-11,17,24H,12-13H2,1-2H3,(H2,21,22,23);1H. The number of fused-ring (bicyclic) bond motifs is 1. The SMILES string of the molecule is CN=C(NCc1ccc(OC)cc1)NCC(O)c1cc2ccccc2s1.I. The first-order valence-electron chi connectivity index (χ1n) is 8.43. The molecule has 2 aromatic carbocycles. The first kappa shape index (κ1) is 21.5. The second-order valence-corrected chi connectivity index (χ2v) is 6.97. The van der Waals surface area contributed by atoms with E-state index < -0.39 is 6.10 Å². The number of hydrogen-bond donors (Lipinski definition) is 3. The molecule has 3 rings (SSSR count). The molecule has 0 radical (unpaired) electrons. The summed E-state index contributed by atoms with van der Waals surface area (Å²) in [5.41, 5.74) is 1.12. The second-order valence-electron chi connectivity index (χ2n) is 5.86. The van der Waals surface area contributed by atoms with E-state index in [1.165, 1.54) is 4.70 Å². The molecule has 3 N–H and O–H groups in total. The number of aliphatic imine (C=N–C) groups is 1. The summed E-state index contributed by atoms with van der Waals surface area (Å²) < 4.78 is 6.35. The number of ether oxygens (including phenoxy) is 1. The van der Waals surface area contributed by atoms with Gasteiger partial charge in [0, 0.05) is 29.7 Å². The Morgan fingerprint density at radius 3 is 2.56 bits per heavy atom. The maximum atomic E-state index is 10.5. The lowest BCUT2D eigenvalue weighted by Gasteiger charge is -2.14. The highest BCUT2D eigenvalue weighted by atomic mass is 127. The number of methoxy groups -OCH3 is 1. The van der Waals surface area contributed by atoms with E-state index in [4.69, 9.17) is 4.74 Å². The molecule has 0 aliphatic rings. The van der Waals surface area contributed by atoms with Gasteiger partial charge in [-0.25, -0.2) is 0 Å². The fourth-order valence-electron chi connectivity index (χ4n) is 2.61. The van der Waals surface area contributed by atoms with Gasteiger partial charge in [-0.05, 0) is 35.2 Å². The zero-order chi connectivity index (χ0) is 18.4. The molecule has 3 aromatic rings. The van der Waals surface area contributed by atoms with Gasteiger partial charge in [-0.15, -0.1) is 35.3 Å². The van der Waals surface area contributed by atoms with E-state index in [2.05, 4.69) is 27.8 Å². The summed E-state index contributed by atoms with van der Waals surface area (Å²) in [6.45, 7) is 1.04. The van der Waals surface area contributed by atoms with Crippen LogP contribution in [0.4, 0.5) is 0 Å². The number of halogens is 1. The summed E-state index contributed by atoms with van der Waals surface area (Å²) >= 11 is 1.62. The van der Waals surface area contributed by atoms with Crippen molar-refractivity contribution >= 4 is 51.4 Å². The van der Waals surface area contributed by atoms with Crippen LogP contribution in [-0.2, 0) is 6.54 Å². The number of hydrogen-bond acceptors (Lipinski definition) is 4. The molecule has 0 aliphatic heterocycles. The predicted octanol–water partition coefficient (Wildman–Crippen LogP) is 3.93. The first-order valence-corrected chi connectivity index (χ1v) is 9.25. The van der Waals surface area contributed by atoms with Crippen molar-refractivity contribution in [3.8, 4) is 5.75 Å². The Bertz CT molecular complexity index is 847. The van der Waals surface area contributed by atoms with Crippen molar-refractivity contribution in [2.75, 3.05) is 20.7 Å². The predicted molar refractivity (Wildman–Crippen MR) is 123 cm³/mol. The molecule has 0 amide bonds. The third-order valence-corrected chi connectivity index (χ3v) is 5.30. The van der Waals surface area contributed by atoms with Crippen LogP contribution >= 0.6 is 35.3 Å². The number of aliphatic hydroxyl groups is 1. The first-order chi connectivity index (χ1) is 12.7. The molecule has 1 atom stereocenters. The van der Waals surface area contributed by atoms with Gasteiger partial charge in [-0.3, -0.25) is 4.99 Å². The van der Waals surface area contributed by atoms with Crippen molar-refractivity contribution in [2.45, 2.75) is 12.6 Å². The molecular formula is C20H24IN3O2S. The lowest BCUT2D eigenvalue weighted by molar-refractivity contribution is 0.184. The van der Waals surface area contributed by atoms with E-state index in [-0.39, 0.29) is 24.0 Å². The molecule has 27 heavy (non-hydrogen) atoms. The zero-order valence-corrected chi connectivity index (χ0v) is 18.5. The number of rotatable bonds is 6. The average Bonchev–Trinajstić information content (AvgIpc) is 3.12.